The molecule has 2 heterocycles. The summed E-state index contributed by atoms with van der Waals surface area (Å²) < 4.78 is 1.64. The first-order chi connectivity index (χ1) is 13.2. The number of hydrogen-bond acceptors (Lipinski definition) is 3. The van der Waals surface area contributed by atoms with Crippen molar-refractivity contribution in [2.75, 3.05) is 5.32 Å². The standard InChI is InChI=1S/C20H25N5O2/c1-2-25-17-10-9-14(11-16(17)21-20(25)27)19(26)22-18-12-15(23-24-18)13-7-5-3-4-6-8-13/h9-13H,2-8H2,1H3,(H,21,27)(H2,22,23,24,26). The molecule has 1 aliphatic carbocycles. The van der Waals surface area contributed by atoms with E-state index in [0.29, 0.717) is 29.4 Å². The van der Waals surface area contributed by atoms with Gasteiger partial charge in [0.15, 0.2) is 5.82 Å². The Balaban J connectivity index is 1.50. The Morgan fingerprint density at radius 3 is 2.74 bits per heavy atom. The lowest BCUT2D eigenvalue weighted by Crippen LogP contribution is -2.14. The number of imidazole rings is 1. The maximum Gasteiger partial charge on any atom is 0.326 e. The summed E-state index contributed by atoms with van der Waals surface area (Å²) in [6.45, 7) is 2.50. The topological polar surface area (TPSA) is 95.6 Å². The summed E-state index contributed by atoms with van der Waals surface area (Å²) in [6, 6.07) is 7.18. The number of hydrogen-bond donors (Lipinski definition) is 3. The first-order valence-corrected chi connectivity index (χ1v) is 9.75. The van der Waals surface area contributed by atoms with Gasteiger partial charge >= 0.3 is 5.69 Å². The van der Waals surface area contributed by atoms with Gasteiger partial charge in [0.1, 0.15) is 0 Å². The summed E-state index contributed by atoms with van der Waals surface area (Å²) in [7, 11) is 0. The number of benzene rings is 1. The molecule has 0 atom stereocenters. The van der Waals surface area contributed by atoms with Crippen LogP contribution in [0.15, 0.2) is 29.1 Å². The van der Waals surface area contributed by atoms with Gasteiger partial charge in [-0.2, -0.15) is 5.10 Å². The molecule has 0 radical (unpaired) electrons. The first kappa shape index (κ1) is 17.6. The Morgan fingerprint density at radius 2 is 2.00 bits per heavy atom. The molecule has 1 fully saturated rings. The van der Waals surface area contributed by atoms with E-state index in [1.807, 2.05) is 13.0 Å². The molecular formula is C20H25N5O2. The predicted octanol–water partition coefficient (Wildman–Crippen LogP) is 3.76. The fourth-order valence-electron chi connectivity index (χ4n) is 4.01. The van der Waals surface area contributed by atoms with Crippen LogP contribution in [0.2, 0.25) is 0 Å². The SMILES string of the molecule is CCn1c(=O)[nH]c2cc(C(=O)Nc3cc(C4CCCCCC4)[nH]n3)ccc21. The molecule has 1 aliphatic rings. The van der Waals surface area contributed by atoms with Crippen molar-refractivity contribution in [3.05, 3.63) is 46.0 Å². The molecule has 0 unspecified atom stereocenters. The van der Waals surface area contributed by atoms with Crippen LogP contribution >= 0.6 is 0 Å². The van der Waals surface area contributed by atoms with Gasteiger partial charge in [0.2, 0.25) is 0 Å². The maximum atomic E-state index is 12.6. The van der Waals surface area contributed by atoms with Gasteiger partial charge in [-0.1, -0.05) is 25.7 Å². The molecule has 1 aromatic carbocycles. The second kappa shape index (κ2) is 7.42. The molecule has 3 aromatic rings. The summed E-state index contributed by atoms with van der Waals surface area (Å²) in [4.78, 5) is 27.3. The highest BCUT2D eigenvalue weighted by Crippen LogP contribution is 2.31. The third-order valence-corrected chi connectivity index (χ3v) is 5.49. The van der Waals surface area contributed by atoms with Gasteiger partial charge in [0.25, 0.3) is 5.91 Å². The molecule has 2 aromatic heterocycles. The van der Waals surface area contributed by atoms with E-state index in [2.05, 4.69) is 20.5 Å². The lowest BCUT2D eigenvalue weighted by molar-refractivity contribution is 0.102. The van der Waals surface area contributed by atoms with Gasteiger partial charge < -0.3 is 10.3 Å². The largest absolute Gasteiger partial charge is 0.326 e. The van der Waals surface area contributed by atoms with E-state index in [9.17, 15) is 9.59 Å². The Hall–Kier alpha value is -2.83. The Kier molecular flexibility index (Phi) is 4.83. The van der Waals surface area contributed by atoms with Gasteiger partial charge in [0, 0.05) is 29.8 Å². The Bertz CT molecular complexity index is 1000. The summed E-state index contributed by atoms with van der Waals surface area (Å²) in [5.41, 5.74) is 2.90. The number of rotatable bonds is 4. The second-order valence-corrected chi connectivity index (χ2v) is 7.26. The van der Waals surface area contributed by atoms with Gasteiger partial charge in [0.05, 0.1) is 11.0 Å². The van der Waals surface area contributed by atoms with E-state index < -0.39 is 0 Å². The van der Waals surface area contributed by atoms with Crippen molar-refractivity contribution in [1.29, 1.82) is 0 Å². The van der Waals surface area contributed by atoms with E-state index in [1.54, 1.807) is 22.8 Å². The van der Waals surface area contributed by atoms with Crippen LogP contribution in [-0.4, -0.2) is 25.7 Å². The molecule has 142 valence electrons. The van der Waals surface area contributed by atoms with E-state index >= 15 is 0 Å². The van der Waals surface area contributed by atoms with Gasteiger partial charge in [-0.3, -0.25) is 14.5 Å². The molecule has 0 aliphatic heterocycles. The van der Waals surface area contributed by atoms with Crippen molar-refractivity contribution in [1.82, 2.24) is 19.7 Å². The predicted molar refractivity (Wildman–Crippen MR) is 105 cm³/mol. The smallest absolute Gasteiger partial charge is 0.306 e. The minimum atomic E-state index is -0.235. The number of H-pyrrole nitrogens is 2. The molecule has 3 N–H and O–H groups in total. The fraction of sp³-hybridized carbons (Fsp3) is 0.450. The minimum Gasteiger partial charge on any atom is -0.306 e. The van der Waals surface area contributed by atoms with E-state index in [-0.39, 0.29) is 11.6 Å². The van der Waals surface area contributed by atoms with Crippen molar-refractivity contribution in [2.45, 2.75) is 57.9 Å². The van der Waals surface area contributed by atoms with E-state index in [0.717, 1.165) is 11.2 Å². The molecule has 1 saturated carbocycles. The van der Waals surface area contributed by atoms with E-state index in [4.69, 9.17) is 0 Å². The zero-order valence-corrected chi connectivity index (χ0v) is 15.5. The normalized spacial score (nSPS) is 15.7. The van der Waals surface area contributed by atoms with Crippen molar-refractivity contribution in [3.8, 4) is 0 Å². The van der Waals surface area contributed by atoms with Gasteiger partial charge in [-0.25, -0.2) is 4.79 Å². The summed E-state index contributed by atoms with van der Waals surface area (Å²) in [5, 5.41) is 10.2. The van der Waals surface area contributed by atoms with Crippen molar-refractivity contribution < 1.29 is 4.79 Å². The number of aromatic amines is 2. The molecule has 7 heteroatoms. The minimum absolute atomic E-state index is 0.162. The summed E-state index contributed by atoms with van der Waals surface area (Å²) >= 11 is 0. The number of aryl methyl sites for hydroxylation is 1. The average molecular weight is 367 g/mol. The average Bonchev–Trinajstić information content (AvgIpc) is 3.13. The molecule has 0 spiro atoms. The van der Waals surface area contributed by atoms with Crippen molar-refractivity contribution in [2.24, 2.45) is 0 Å². The Labute approximate surface area is 157 Å². The number of amides is 1. The Morgan fingerprint density at radius 1 is 1.22 bits per heavy atom. The third-order valence-electron chi connectivity index (χ3n) is 5.49. The fourth-order valence-corrected chi connectivity index (χ4v) is 4.01. The monoisotopic (exact) mass is 367 g/mol. The van der Waals surface area contributed by atoms with Crippen LogP contribution in [-0.2, 0) is 6.54 Å². The summed E-state index contributed by atoms with van der Waals surface area (Å²) in [6.07, 6.45) is 7.46. The van der Waals surface area contributed by atoms with Crippen molar-refractivity contribution >= 4 is 22.8 Å². The number of fused-ring (bicyclic) bond motifs is 1. The molecule has 0 bridgehead atoms. The number of carbonyl (C=O) groups is 1. The van der Waals surface area contributed by atoms with Crippen LogP contribution in [0.5, 0.6) is 0 Å². The van der Waals surface area contributed by atoms with Crippen LogP contribution in [0, 0.1) is 0 Å². The first-order valence-electron chi connectivity index (χ1n) is 9.75. The lowest BCUT2D eigenvalue weighted by Gasteiger charge is -2.10. The maximum absolute atomic E-state index is 12.6. The van der Waals surface area contributed by atoms with Gasteiger partial charge in [-0.15, -0.1) is 0 Å². The second-order valence-electron chi connectivity index (χ2n) is 7.26. The van der Waals surface area contributed by atoms with Gasteiger partial charge in [-0.05, 0) is 38.0 Å². The van der Waals surface area contributed by atoms with Crippen LogP contribution in [0.25, 0.3) is 11.0 Å². The summed E-state index contributed by atoms with van der Waals surface area (Å²) in [5.74, 6) is 0.806. The van der Waals surface area contributed by atoms with Crippen LogP contribution < -0.4 is 11.0 Å². The molecular weight excluding hydrogens is 342 g/mol. The molecule has 0 saturated heterocycles. The quantitative estimate of drug-likeness (QED) is 0.613. The number of nitrogens with one attached hydrogen (secondary N) is 3. The highest BCUT2D eigenvalue weighted by molar-refractivity contribution is 6.05. The van der Waals surface area contributed by atoms with Crippen molar-refractivity contribution in [3.63, 3.8) is 0 Å². The molecule has 27 heavy (non-hydrogen) atoms. The van der Waals surface area contributed by atoms with Crippen LogP contribution in [0.4, 0.5) is 5.82 Å². The number of anilines is 1. The highest BCUT2D eigenvalue weighted by atomic mass is 16.2. The zero-order valence-electron chi connectivity index (χ0n) is 15.5. The van der Waals surface area contributed by atoms with Crippen LogP contribution in [0.3, 0.4) is 0 Å². The number of nitrogens with zero attached hydrogens (tertiary/aromatic N) is 2. The highest BCUT2D eigenvalue weighted by Gasteiger charge is 2.18. The molecule has 7 nitrogen and oxygen atoms in total. The van der Waals surface area contributed by atoms with E-state index in [1.165, 1.54) is 38.5 Å². The molecule has 1 amide bonds. The number of carbonyl (C=O) groups excluding carboxylic acids is 1. The lowest BCUT2D eigenvalue weighted by atomic mass is 9.97. The molecule has 4 rings (SSSR count). The third kappa shape index (κ3) is 3.54. The van der Waals surface area contributed by atoms with Crippen LogP contribution in [0.1, 0.15) is 67.4 Å². The number of aromatic nitrogens is 4. The zero-order chi connectivity index (χ0) is 18.8.